The van der Waals surface area contributed by atoms with Crippen LogP contribution < -0.4 is 10.0 Å². The lowest BCUT2D eigenvalue weighted by Crippen LogP contribution is -2.31. The van der Waals surface area contributed by atoms with Crippen molar-refractivity contribution in [2.45, 2.75) is 24.8 Å². The lowest BCUT2D eigenvalue weighted by atomic mass is 10.0. The Hall–Kier alpha value is -2.65. The van der Waals surface area contributed by atoms with Gasteiger partial charge in [-0.05, 0) is 35.6 Å². The molecule has 0 radical (unpaired) electrons. The third kappa shape index (κ3) is 4.42. The Balaban J connectivity index is 1.77. The second-order valence-corrected chi connectivity index (χ2v) is 9.21. The standard InChI is InChI=1S/C19H20FN3O3S2/c1-12(2)18(17-8-5-9-27-17)22-19(24)16-10-13(11-21-16)28(25,26)23-15-7-4-3-6-14(15)20/h3-12,18,21,23H,1-2H3,(H,22,24)/t18-/m1/s1. The van der Waals surface area contributed by atoms with Gasteiger partial charge >= 0.3 is 0 Å². The molecule has 0 aliphatic carbocycles. The highest BCUT2D eigenvalue weighted by Crippen LogP contribution is 2.26. The molecule has 148 valence electrons. The maximum absolute atomic E-state index is 13.7. The van der Waals surface area contributed by atoms with Crippen molar-refractivity contribution < 1.29 is 17.6 Å². The number of hydrogen-bond acceptors (Lipinski definition) is 4. The first kappa shape index (κ1) is 20.1. The fraction of sp³-hybridized carbons (Fsp3) is 0.211. The van der Waals surface area contributed by atoms with Gasteiger partial charge in [0.05, 0.1) is 11.7 Å². The van der Waals surface area contributed by atoms with Crippen molar-refractivity contribution in [3.05, 3.63) is 70.4 Å². The van der Waals surface area contributed by atoms with Gasteiger partial charge < -0.3 is 10.3 Å². The number of carbonyl (C=O) groups excluding carboxylic acids is 1. The third-order valence-electron chi connectivity index (χ3n) is 4.13. The van der Waals surface area contributed by atoms with E-state index in [9.17, 15) is 17.6 Å². The summed E-state index contributed by atoms with van der Waals surface area (Å²) >= 11 is 1.54. The van der Waals surface area contributed by atoms with E-state index in [2.05, 4.69) is 15.0 Å². The van der Waals surface area contributed by atoms with Crippen LogP contribution in [0.5, 0.6) is 0 Å². The molecular formula is C19H20FN3O3S2. The number of rotatable bonds is 7. The highest BCUT2D eigenvalue weighted by atomic mass is 32.2. The highest BCUT2D eigenvalue weighted by molar-refractivity contribution is 7.92. The molecule has 0 spiro atoms. The second-order valence-electron chi connectivity index (χ2n) is 6.54. The summed E-state index contributed by atoms with van der Waals surface area (Å²) in [5.74, 6) is -0.946. The molecule has 1 aromatic carbocycles. The first-order chi connectivity index (χ1) is 13.3. The summed E-state index contributed by atoms with van der Waals surface area (Å²) in [6.45, 7) is 3.99. The first-order valence-corrected chi connectivity index (χ1v) is 10.9. The van der Waals surface area contributed by atoms with E-state index in [1.165, 1.54) is 30.5 Å². The SMILES string of the molecule is CC(C)[C@@H](NC(=O)c1cc(S(=O)(=O)Nc2ccccc2F)c[nH]1)c1cccs1. The predicted octanol–water partition coefficient (Wildman–Crippen LogP) is 4.14. The van der Waals surface area contributed by atoms with E-state index in [0.29, 0.717) is 0 Å². The fourth-order valence-corrected chi connectivity index (χ4v) is 4.67. The summed E-state index contributed by atoms with van der Waals surface area (Å²) in [6, 6.07) is 10.4. The van der Waals surface area contributed by atoms with Gasteiger partial charge in [-0.2, -0.15) is 0 Å². The molecular weight excluding hydrogens is 401 g/mol. The molecule has 0 unspecified atom stereocenters. The molecule has 28 heavy (non-hydrogen) atoms. The molecule has 9 heteroatoms. The number of halogens is 1. The molecule has 0 saturated heterocycles. The van der Waals surface area contributed by atoms with Crippen molar-refractivity contribution in [1.82, 2.24) is 10.3 Å². The first-order valence-electron chi connectivity index (χ1n) is 8.58. The van der Waals surface area contributed by atoms with Crippen LogP contribution in [-0.2, 0) is 10.0 Å². The number of H-pyrrole nitrogens is 1. The number of aromatic amines is 1. The molecule has 0 bridgehead atoms. The molecule has 1 amide bonds. The Morgan fingerprint density at radius 2 is 1.93 bits per heavy atom. The van der Waals surface area contributed by atoms with Crippen LogP contribution in [-0.4, -0.2) is 19.3 Å². The molecule has 0 saturated carbocycles. The number of sulfonamides is 1. The summed E-state index contributed by atoms with van der Waals surface area (Å²) < 4.78 is 40.9. The Morgan fingerprint density at radius 1 is 1.18 bits per heavy atom. The summed E-state index contributed by atoms with van der Waals surface area (Å²) in [6.07, 6.45) is 1.20. The van der Waals surface area contributed by atoms with Gasteiger partial charge in [0, 0.05) is 11.1 Å². The van der Waals surface area contributed by atoms with Gasteiger partial charge in [0.2, 0.25) is 0 Å². The smallest absolute Gasteiger partial charge is 0.268 e. The van der Waals surface area contributed by atoms with Gasteiger partial charge in [-0.25, -0.2) is 12.8 Å². The molecule has 0 aliphatic heterocycles. The van der Waals surface area contributed by atoms with Crippen molar-refractivity contribution in [1.29, 1.82) is 0 Å². The van der Waals surface area contributed by atoms with Crippen LogP contribution in [0.2, 0.25) is 0 Å². The van der Waals surface area contributed by atoms with Gasteiger partial charge in [-0.3, -0.25) is 9.52 Å². The van der Waals surface area contributed by atoms with Crippen LogP contribution in [0.4, 0.5) is 10.1 Å². The maximum atomic E-state index is 13.7. The van der Waals surface area contributed by atoms with Crippen LogP contribution in [0.25, 0.3) is 0 Å². The van der Waals surface area contributed by atoms with Crippen LogP contribution in [0, 0.1) is 11.7 Å². The number of hydrogen-bond donors (Lipinski definition) is 3. The lowest BCUT2D eigenvalue weighted by Gasteiger charge is -2.20. The van der Waals surface area contributed by atoms with Gasteiger partial charge in [-0.1, -0.05) is 32.0 Å². The average Bonchev–Trinajstić information content (AvgIpc) is 3.33. The zero-order valence-corrected chi connectivity index (χ0v) is 16.9. The largest absolute Gasteiger partial charge is 0.356 e. The van der Waals surface area contributed by atoms with E-state index in [1.54, 1.807) is 11.3 Å². The second kappa shape index (κ2) is 8.15. The quantitative estimate of drug-likeness (QED) is 0.535. The van der Waals surface area contributed by atoms with Crippen molar-refractivity contribution in [3.63, 3.8) is 0 Å². The normalized spacial score (nSPS) is 12.7. The van der Waals surface area contributed by atoms with Gasteiger partial charge in [-0.15, -0.1) is 11.3 Å². The zero-order valence-electron chi connectivity index (χ0n) is 15.3. The summed E-state index contributed by atoms with van der Waals surface area (Å²) in [7, 11) is -4.04. The fourth-order valence-electron chi connectivity index (χ4n) is 2.66. The molecule has 0 aliphatic rings. The number of amides is 1. The lowest BCUT2D eigenvalue weighted by molar-refractivity contribution is 0.0922. The third-order valence-corrected chi connectivity index (χ3v) is 6.43. The predicted molar refractivity (Wildman–Crippen MR) is 107 cm³/mol. The van der Waals surface area contributed by atoms with Crippen molar-refractivity contribution in [2.24, 2.45) is 5.92 Å². The number of carbonyl (C=O) groups is 1. The van der Waals surface area contributed by atoms with Gasteiger partial charge in [0.25, 0.3) is 15.9 Å². The van der Waals surface area contributed by atoms with Gasteiger partial charge in [0.15, 0.2) is 0 Å². The number of benzene rings is 1. The molecule has 2 heterocycles. The minimum Gasteiger partial charge on any atom is -0.356 e. The van der Waals surface area contributed by atoms with E-state index < -0.39 is 21.7 Å². The Bertz CT molecular complexity index is 1060. The van der Waals surface area contributed by atoms with Crippen LogP contribution in [0.3, 0.4) is 0 Å². The average molecular weight is 422 g/mol. The topological polar surface area (TPSA) is 91.1 Å². The minimum absolute atomic E-state index is 0.108. The number of para-hydroxylation sites is 1. The van der Waals surface area contributed by atoms with Crippen LogP contribution in [0.15, 0.2) is 58.9 Å². The molecule has 3 aromatic rings. The molecule has 6 nitrogen and oxygen atoms in total. The monoisotopic (exact) mass is 421 g/mol. The molecule has 1 atom stereocenters. The molecule has 2 aromatic heterocycles. The summed E-state index contributed by atoms with van der Waals surface area (Å²) in [4.78, 5) is 16.1. The van der Waals surface area contributed by atoms with Crippen molar-refractivity contribution >= 4 is 33.0 Å². The zero-order chi connectivity index (χ0) is 20.3. The van der Waals surface area contributed by atoms with Crippen molar-refractivity contribution in [2.75, 3.05) is 4.72 Å². The van der Waals surface area contributed by atoms with E-state index >= 15 is 0 Å². The minimum atomic E-state index is -4.04. The number of anilines is 1. The Labute approximate surface area is 166 Å². The number of nitrogens with one attached hydrogen (secondary N) is 3. The molecule has 0 fully saturated rings. The van der Waals surface area contributed by atoms with Crippen LogP contribution in [0.1, 0.15) is 35.3 Å². The van der Waals surface area contributed by atoms with E-state index in [4.69, 9.17) is 0 Å². The Kier molecular flexibility index (Phi) is 5.85. The molecule has 3 N–H and O–H groups in total. The van der Waals surface area contributed by atoms with E-state index in [1.807, 2.05) is 31.4 Å². The van der Waals surface area contributed by atoms with Crippen LogP contribution >= 0.6 is 11.3 Å². The molecule has 3 rings (SSSR count). The van der Waals surface area contributed by atoms with Crippen molar-refractivity contribution in [3.8, 4) is 0 Å². The summed E-state index contributed by atoms with van der Waals surface area (Å²) in [5, 5.41) is 4.86. The summed E-state index contributed by atoms with van der Waals surface area (Å²) in [5.41, 5.74) is -0.0524. The van der Waals surface area contributed by atoms with Gasteiger partial charge in [0.1, 0.15) is 16.4 Å². The highest BCUT2D eigenvalue weighted by Gasteiger charge is 2.23. The maximum Gasteiger partial charge on any atom is 0.268 e. The Morgan fingerprint density at radius 3 is 2.57 bits per heavy atom. The van der Waals surface area contributed by atoms with E-state index in [0.717, 1.165) is 10.9 Å². The number of aromatic nitrogens is 1. The van der Waals surface area contributed by atoms with E-state index in [-0.39, 0.29) is 28.2 Å². The number of thiophene rings is 1.